The van der Waals surface area contributed by atoms with E-state index in [2.05, 4.69) is 10.2 Å². The smallest absolute Gasteiger partial charge is 0.255 e. The van der Waals surface area contributed by atoms with Gasteiger partial charge in [-0.2, -0.15) is 0 Å². The number of aliphatic hydroxyl groups is 1. The Morgan fingerprint density at radius 3 is 2.67 bits per heavy atom. The van der Waals surface area contributed by atoms with E-state index in [0.29, 0.717) is 11.3 Å². The lowest BCUT2D eigenvalue weighted by molar-refractivity contribution is 0.102. The Hall–Kier alpha value is -2.53. The first kappa shape index (κ1) is 16.3. The highest BCUT2D eigenvalue weighted by atomic mass is 16.5. The van der Waals surface area contributed by atoms with Gasteiger partial charge in [0.05, 0.1) is 24.6 Å². The standard InChI is InChI=1S/C19H22N2O3/c1-24-16-6-4-5-14(13-16)19(23)20-17-7-2-3-8-18(17)21-11-9-15(22)10-12-21/h2-8,13,15,22H,9-12H2,1H3,(H,20,23). The molecule has 3 rings (SSSR count). The maximum absolute atomic E-state index is 12.5. The number of aliphatic hydroxyl groups excluding tert-OH is 1. The van der Waals surface area contributed by atoms with Crippen molar-refractivity contribution in [2.45, 2.75) is 18.9 Å². The van der Waals surface area contributed by atoms with E-state index >= 15 is 0 Å². The van der Waals surface area contributed by atoms with Crippen LogP contribution >= 0.6 is 0 Å². The number of hydrogen-bond donors (Lipinski definition) is 2. The average molecular weight is 326 g/mol. The minimum absolute atomic E-state index is 0.168. The zero-order valence-corrected chi connectivity index (χ0v) is 13.7. The van der Waals surface area contributed by atoms with Crippen LogP contribution in [-0.2, 0) is 0 Å². The van der Waals surface area contributed by atoms with Crippen molar-refractivity contribution in [3.05, 3.63) is 54.1 Å². The fourth-order valence-corrected chi connectivity index (χ4v) is 2.92. The number of carbonyl (C=O) groups excluding carboxylic acids is 1. The second-order valence-corrected chi connectivity index (χ2v) is 5.92. The van der Waals surface area contributed by atoms with Crippen LogP contribution < -0.4 is 15.0 Å². The number of benzene rings is 2. The van der Waals surface area contributed by atoms with E-state index in [0.717, 1.165) is 37.3 Å². The third-order valence-corrected chi connectivity index (χ3v) is 4.29. The molecular weight excluding hydrogens is 304 g/mol. The molecule has 1 fully saturated rings. The van der Waals surface area contributed by atoms with Crippen LogP contribution in [0.1, 0.15) is 23.2 Å². The van der Waals surface area contributed by atoms with E-state index in [-0.39, 0.29) is 12.0 Å². The van der Waals surface area contributed by atoms with Gasteiger partial charge in [0, 0.05) is 18.7 Å². The van der Waals surface area contributed by atoms with Crippen LogP contribution in [0.5, 0.6) is 5.75 Å². The summed E-state index contributed by atoms with van der Waals surface area (Å²) in [6, 6.07) is 14.9. The summed E-state index contributed by atoms with van der Waals surface area (Å²) in [5.74, 6) is 0.486. The van der Waals surface area contributed by atoms with Crippen LogP contribution in [0.3, 0.4) is 0 Å². The molecule has 24 heavy (non-hydrogen) atoms. The summed E-state index contributed by atoms with van der Waals surface area (Å²) < 4.78 is 5.17. The van der Waals surface area contributed by atoms with Crippen LogP contribution in [0, 0.1) is 0 Å². The molecule has 0 unspecified atom stereocenters. The quantitative estimate of drug-likeness (QED) is 0.907. The summed E-state index contributed by atoms with van der Waals surface area (Å²) in [4.78, 5) is 14.7. The summed E-state index contributed by atoms with van der Waals surface area (Å²) in [7, 11) is 1.58. The molecule has 2 aromatic carbocycles. The zero-order valence-electron chi connectivity index (χ0n) is 13.7. The Bertz CT molecular complexity index is 709. The van der Waals surface area contributed by atoms with Crippen molar-refractivity contribution in [2.75, 3.05) is 30.4 Å². The van der Waals surface area contributed by atoms with Crippen LogP contribution in [0.2, 0.25) is 0 Å². The molecule has 0 bridgehead atoms. The lowest BCUT2D eigenvalue weighted by Crippen LogP contribution is -2.36. The molecule has 0 saturated carbocycles. The van der Waals surface area contributed by atoms with Gasteiger partial charge < -0.3 is 20.1 Å². The Kier molecular flexibility index (Phi) is 5.01. The lowest BCUT2D eigenvalue weighted by atomic mass is 10.1. The first-order valence-corrected chi connectivity index (χ1v) is 8.15. The van der Waals surface area contributed by atoms with Crippen molar-refractivity contribution in [1.82, 2.24) is 0 Å². The monoisotopic (exact) mass is 326 g/mol. The molecule has 2 aromatic rings. The maximum atomic E-state index is 12.5. The van der Waals surface area contributed by atoms with Crippen LogP contribution in [0.15, 0.2) is 48.5 Å². The van der Waals surface area contributed by atoms with E-state index in [1.165, 1.54) is 0 Å². The van der Waals surface area contributed by atoms with E-state index in [4.69, 9.17) is 4.74 Å². The molecule has 5 nitrogen and oxygen atoms in total. The minimum Gasteiger partial charge on any atom is -0.497 e. The molecule has 0 radical (unpaired) electrons. The topological polar surface area (TPSA) is 61.8 Å². The van der Waals surface area contributed by atoms with E-state index in [1.807, 2.05) is 30.3 Å². The van der Waals surface area contributed by atoms with Gasteiger partial charge in [-0.3, -0.25) is 4.79 Å². The molecule has 5 heteroatoms. The summed E-state index contributed by atoms with van der Waals surface area (Å²) in [6.45, 7) is 1.57. The number of methoxy groups -OCH3 is 1. The average Bonchev–Trinajstić information content (AvgIpc) is 2.63. The molecule has 1 aliphatic rings. The molecule has 1 saturated heterocycles. The third-order valence-electron chi connectivity index (χ3n) is 4.29. The molecule has 1 aliphatic heterocycles. The van der Waals surface area contributed by atoms with Crippen molar-refractivity contribution >= 4 is 17.3 Å². The molecule has 0 spiro atoms. The first-order valence-electron chi connectivity index (χ1n) is 8.15. The molecule has 126 valence electrons. The van der Waals surface area contributed by atoms with Gasteiger partial charge >= 0.3 is 0 Å². The number of anilines is 2. The Balaban J connectivity index is 1.78. The molecule has 1 heterocycles. The molecule has 0 atom stereocenters. The number of nitrogens with one attached hydrogen (secondary N) is 1. The predicted molar refractivity (Wildman–Crippen MR) is 94.8 cm³/mol. The number of hydrogen-bond acceptors (Lipinski definition) is 4. The van der Waals surface area contributed by atoms with Crippen molar-refractivity contribution in [1.29, 1.82) is 0 Å². The summed E-state index contributed by atoms with van der Waals surface area (Å²) >= 11 is 0. The van der Waals surface area contributed by atoms with E-state index < -0.39 is 0 Å². The number of piperidine rings is 1. The van der Waals surface area contributed by atoms with Crippen LogP contribution in [0.4, 0.5) is 11.4 Å². The van der Waals surface area contributed by atoms with E-state index in [9.17, 15) is 9.90 Å². The summed E-state index contributed by atoms with van der Waals surface area (Å²) in [5.41, 5.74) is 2.32. The Labute approximate surface area is 141 Å². The Morgan fingerprint density at radius 1 is 1.17 bits per heavy atom. The van der Waals surface area contributed by atoms with Crippen LogP contribution in [0.25, 0.3) is 0 Å². The first-order chi connectivity index (χ1) is 11.7. The van der Waals surface area contributed by atoms with Gasteiger partial charge in [0.1, 0.15) is 5.75 Å². The van der Waals surface area contributed by atoms with Crippen molar-refractivity contribution in [3.63, 3.8) is 0 Å². The van der Waals surface area contributed by atoms with Gasteiger partial charge in [-0.15, -0.1) is 0 Å². The number of nitrogens with zero attached hydrogens (tertiary/aromatic N) is 1. The highest BCUT2D eigenvalue weighted by Crippen LogP contribution is 2.29. The second-order valence-electron chi connectivity index (χ2n) is 5.92. The number of rotatable bonds is 4. The Morgan fingerprint density at radius 2 is 1.92 bits per heavy atom. The summed E-state index contributed by atoms with van der Waals surface area (Å²) in [6.07, 6.45) is 1.27. The lowest BCUT2D eigenvalue weighted by Gasteiger charge is -2.32. The normalized spacial score (nSPS) is 15.2. The molecule has 0 aliphatic carbocycles. The van der Waals surface area contributed by atoms with Crippen LogP contribution in [-0.4, -0.2) is 37.3 Å². The molecule has 0 aromatic heterocycles. The van der Waals surface area contributed by atoms with Gasteiger partial charge in [-0.1, -0.05) is 18.2 Å². The zero-order chi connectivity index (χ0) is 16.9. The largest absolute Gasteiger partial charge is 0.497 e. The number of ether oxygens (including phenoxy) is 1. The maximum Gasteiger partial charge on any atom is 0.255 e. The molecular formula is C19H22N2O3. The number of amides is 1. The summed E-state index contributed by atoms with van der Waals surface area (Å²) in [5, 5.41) is 12.7. The van der Waals surface area contributed by atoms with Gasteiger partial charge in [-0.05, 0) is 43.2 Å². The minimum atomic E-state index is -0.222. The van der Waals surface area contributed by atoms with Gasteiger partial charge in [0.15, 0.2) is 0 Å². The fourth-order valence-electron chi connectivity index (χ4n) is 2.92. The van der Waals surface area contributed by atoms with Crippen molar-refractivity contribution < 1.29 is 14.6 Å². The fraction of sp³-hybridized carbons (Fsp3) is 0.316. The van der Waals surface area contributed by atoms with E-state index in [1.54, 1.807) is 25.3 Å². The molecule has 2 N–H and O–H groups in total. The van der Waals surface area contributed by atoms with Gasteiger partial charge in [-0.25, -0.2) is 0 Å². The highest BCUT2D eigenvalue weighted by Gasteiger charge is 2.20. The number of carbonyl (C=O) groups is 1. The SMILES string of the molecule is COc1cccc(C(=O)Nc2ccccc2N2CCC(O)CC2)c1. The predicted octanol–water partition coefficient (Wildman–Crippen LogP) is 2.91. The third kappa shape index (κ3) is 3.68. The van der Waals surface area contributed by atoms with Gasteiger partial charge in [0.25, 0.3) is 5.91 Å². The van der Waals surface area contributed by atoms with Crippen molar-refractivity contribution in [3.8, 4) is 5.75 Å². The second kappa shape index (κ2) is 7.36. The van der Waals surface area contributed by atoms with Gasteiger partial charge in [0.2, 0.25) is 0 Å². The number of para-hydroxylation sites is 2. The molecule has 1 amide bonds. The van der Waals surface area contributed by atoms with Crippen molar-refractivity contribution in [2.24, 2.45) is 0 Å². The highest BCUT2D eigenvalue weighted by molar-refractivity contribution is 6.06.